The maximum atomic E-state index is 13.3. The van der Waals surface area contributed by atoms with Crippen LogP contribution in [0, 0.1) is 11.7 Å². The number of amides is 1. The van der Waals surface area contributed by atoms with Crippen LogP contribution in [-0.4, -0.2) is 54.5 Å². The summed E-state index contributed by atoms with van der Waals surface area (Å²) >= 11 is 0. The number of hydrogen-bond acceptors (Lipinski definition) is 5. The number of fused-ring (bicyclic) bond motifs is 1. The van der Waals surface area contributed by atoms with E-state index in [1.165, 1.54) is 23.0 Å². The maximum Gasteiger partial charge on any atom is 0.262 e. The van der Waals surface area contributed by atoms with Crippen LogP contribution in [0.5, 0.6) is 0 Å². The van der Waals surface area contributed by atoms with Gasteiger partial charge in [-0.3, -0.25) is 19.0 Å². The monoisotopic (exact) mass is 466 g/mol. The number of carbonyl (C=O) groups excluding carboxylic acids is 2. The Morgan fingerprint density at radius 3 is 2.44 bits per heavy atom. The van der Waals surface area contributed by atoms with E-state index in [1.807, 2.05) is 0 Å². The molecule has 8 nitrogen and oxygen atoms in total. The van der Waals surface area contributed by atoms with Gasteiger partial charge in [0.25, 0.3) is 5.56 Å². The van der Waals surface area contributed by atoms with E-state index in [0.29, 0.717) is 68.3 Å². The minimum atomic E-state index is -1.11. The summed E-state index contributed by atoms with van der Waals surface area (Å²) in [7, 11) is 0. The number of carbonyl (C=O) groups is 2. The van der Waals surface area contributed by atoms with Crippen molar-refractivity contribution in [2.24, 2.45) is 5.92 Å². The van der Waals surface area contributed by atoms with Crippen LogP contribution in [0.1, 0.15) is 38.5 Å². The third-order valence-corrected chi connectivity index (χ3v) is 7.14. The van der Waals surface area contributed by atoms with Crippen molar-refractivity contribution in [1.82, 2.24) is 19.0 Å². The number of nitrogens with zero attached hydrogens (tertiary/aromatic N) is 4. The SMILES string of the molecule is O=C1CCC(C(=O)N2CCC(O)(Cn3cnc4c(ccn4-c4ccc(F)cc4)c3=O)CC2)CC1. The fourth-order valence-electron chi connectivity index (χ4n) is 5.04. The minimum Gasteiger partial charge on any atom is -0.388 e. The quantitative estimate of drug-likeness (QED) is 0.637. The van der Waals surface area contributed by atoms with Gasteiger partial charge in [-0.2, -0.15) is 0 Å². The number of hydrogen-bond donors (Lipinski definition) is 1. The zero-order chi connectivity index (χ0) is 23.9. The number of aromatic nitrogens is 3. The lowest BCUT2D eigenvalue weighted by Crippen LogP contribution is -2.51. The Morgan fingerprint density at radius 2 is 1.76 bits per heavy atom. The van der Waals surface area contributed by atoms with Crippen LogP contribution in [0.15, 0.2) is 47.7 Å². The van der Waals surface area contributed by atoms with Crippen LogP contribution in [0.2, 0.25) is 0 Å². The van der Waals surface area contributed by atoms with Gasteiger partial charge in [-0.05, 0) is 56.0 Å². The third kappa shape index (κ3) is 4.27. The second-order valence-electron chi connectivity index (χ2n) is 9.44. The molecule has 1 aliphatic carbocycles. The van der Waals surface area contributed by atoms with Gasteiger partial charge in [-0.25, -0.2) is 9.37 Å². The summed E-state index contributed by atoms with van der Waals surface area (Å²) in [6, 6.07) is 7.60. The van der Waals surface area contributed by atoms with Crippen molar-refractivity contribution in [2.45, 2.75) is 50.7 Å². The van der Waals surface area contributed by atoms with Gasteiger partial charge in [-0.15, -0.1) is 0 Å². The summed E-state index contributed by atoms with van der Waals surface area (Å²) in [5.41, 5.74) is -0.215. The Balaban J connectivity index is 1.28. The first kappa shape index (κ1) is 22.5. The van der Waals surface area contributed by atoms with E-state index in [2.05, 4.69) is 4.98 Å². The lowest BCUT2D eigenvalue weighted by molar-refractivity contribution is -0.142. The molecule has 3 aromatic rings. The number of rotatable bonds is 4. The van der Waals surface area contributed by atoms with E-state index in [9.17, 15) is 23.9 Å². The minimum absolute atomic E-state index is 0.0666. The molecule has 178 valence electrons. The summed E-state index contributed by atoms with van der Waals surface area (Å²) in [4.78, 5) is 43.6. The van der Waals surface area contributed by atoms with Gasteiger partial charge < -0.3 is 14.6 Å². The van der Waals surface area contributed by atoms with Gasteiger partial charge in [0.1, 0.15) is 17.9 Å². The normalized spacial score (nSPS) is 19.0. The lowest BCUT2D eigenvalue weighted by Gasteiger charge is -2.40. The predicted molar refractivity (Wildman–Crippen MR) is 123 cm³/mol. The molecule has 1 amide bonds. The molecule has 1 N–H and O–H groups in total. The van der Waals surface area contributed by atoms with Crippen LogP contribution >= 0.6 is 0 Å². The summed E-state index contributed by atoms with van der Waals surface area (Å²) < 4.78 is 16.4. The fraction of sp³-hybridized carbons (Fsp3) is 0.440. The number of piperidine rings is 1. The standard InChI is InChI=1S/C25H27FN4O4/c26-18-3-5-19(6-4-18)30-12-9-21-22(30)27-16-29(24(21)33)15-25(34)10-13-28(14-11-25)23(32)17-1-7-20(31)8-2-17/h3-6,9,12,16-17,34H,1-2,7-8,10-11,13-15H2. The van der Waals surface area contributed by atoms with E-state index >= 15 is 0 Å². The summed E-state index contributed by atoms with van der Waals surface area (Å²) in [5.74, 6) is -0.161. The molecule has 3 heterocycles. The van der Waals surface area contributed by atoms with Crippen molar-refractivity contribution >= 4 is 22.7 Å². The highest BCUT2D eigenvalue weighted by atomic mass is 19.1. The molecular formula is C25H27FN4O4. The number of likely N-dealkylation sites (tertiary alicyclic amines) is 1. The van der Waals surface area contributed by atoms with Gasteiger partial charge >= 0.3 is 0 Å². The zero-order valence-corrected chi connectivity index (χ0v) is 18.8. The van der Waals surface area contributed by atoms with Crippen molar-refractivity contribution in [3.8, 4) is 5.69 Å². The van der Waals surface area contributed by atoms with Crippen molar-refractivity contribution in [3.05, 3.63) is 59.0 Å². The molecule has 0 radical (unpaired) electrons. The van der Waals surface area contributed by atoms with Crippen LogP contribution in [0.25, 0.3) is 16.7 Å². The summed E-state index contributed by atoms with van der Waals surface area (Å²) in [6.45, 7) is 0.937. The first-order valence-corrected chi connectivity index (χ1v) is 11.7. The fourth-order valence-corrected chi connectivity index (χ4v) is 5.04. The third-order valence-electron chi connectivity index (χ3n) is 7.14. The Hall–Kier alpha value is -3.33. The highest BCUT2D eigenvalue weighted by Crippen LogP contribution is 2.29. The van der Waals surface area contributed by atoms with Crippen molar-refractivity contribution < 1.29 is 19.1 Å². The smallest absolute Gasteiger partial charge is 0.262 e. The molecule has 9 heteroatoms. The molecule has 1 aliphatic heterocycles. The van der Waals surface area contributed by atoms with Gasteiger partial charge in [-0.1, -0.05) is 0 Å². The zero-order valence-electron chi connectivity index (χ0n) is 18.8. The van der Waals surface area contributed by atoms with Crippen LogP contribution in [-0.2, 0) is 16.1 Å². The molecule has 0 bridgehead atoms. The highest BCUT2D eigenvalue weighted by Gasteiger charge is 2.37. The van der Waals surface area contributed by atoms with Crippen molar-refractivity contribution in [2.75, 3.05) is 13.1 Å². The lowest BCUT2D eigenvalue weighted by atomic mass is 9.85. The molecule has 5 rings (SSSR count). The summed E-state index contributed by atoms with van der Waals surface area (Å²) in [5, 5.41) is 11.6. The molecule has 34 heavy (non-hydrogen) atoms. The van der Waals surface area contributed by atoms with Crippen LogP contribution in [0.3, 0.4) is 0 Å². The van der Waals surface area contributed by atoms with Gasteiger partial charge in [0.05, 0.1) is 17.5 Å². The van der Waals surface area contributed by atoms with E-state index in [4.69, 9.17) is 0 Å². The van der Waals surface area contributed by atoms with Gasteiger partial charge in [0, 0.05) is 43.7 Å². The molecule has 1 saturated heterocycles. The summed E-state index contributed by atoms with van der Waals surface area (Å²) in [6.07, 6.45) is 6.03. The Labute approximate surface area is 195 Å². The Morgan fingerprint density at radius 1 is 1.09 bits per heavy atom. The molecule has 2 aromatic heterocycles. The number of benzene rings is 1. The van der Waals surface area contributed by atoms with E-state index in [0.717, 1.165) is 0 Å². The molecule has 0 unspecified atom stereocenters. The first-order chi connectivity index (χ1) is 16.3. The number of aliphatic hydroxyl groups is 1. The Bertz CT molecular complexity index is 1280. The molecule has 0 atom stereocenters. The van der Waals surface area contributed by atoms with Crippen molar-refractivity contribution in [3.63, 3.8) is 0 Å². The molecule has 2 aliphatic rings. The van der Waals surface area contributed by atoms with Crippen LogP contribution < -0.4 is 5.56 Å². The molecular weight excluding hydrogens is 439 g/mol. The topological polar surface area (TPSA) is 97.4 Å². The average molecular weight is 467 g/mol. The average Bonchev–Trinajstić information content (AvgIpc) is 3.27. The van der Waals surface area contributed by atoms with E-state index in [1.54, 1.807) is 33.9 Å². The van der Waals surface area contributed by atoms with Crippen LogP contribution in [0.4, 0.5) is 4.39 Å². The number of ketones is 1. The Kier molecular flexibility index (Phi) is 5.81. The van der Waals surface area contributed by atoms with E-state index in [-0.39, 0.29) is 35.5 Å². The van der Waals surface area contributed by atoms with Crippen molar-refractivity contribution in [1.29, 1.82) is 0 Å². The van der Waals surface area contributed by atoms with E-state index < -0.39 is 5.60 Å². The maximum absolute atomic E-state index is 13.3. The molecule has 1 saturated carbocycles. The largest absolute Gasteiger partial charge is 0.388 e. The second-order valence-corrected chi connectivity index (χ2v) is 9.44. The second kappa shape index (κ2) is 8.79. The first-order valence-electron chi connectivity index (χ1n) is 11.7. The number of Topliss-reactive ketones (excluding diaryl/α,β-unsaturated/α-hetero) is 1. The highest BCUT2D eigenvalue weighted by molar-refractivity contribution is 5.84. The number of halogens is 1. The van der Waals surface area contributed by atoms with Gasteiger partial charge in [0.15, 0.2) is 5.65 Å². The van der Waals surface area contributed by atoms with Gasteiger partial charge in [0.2, 0.25) is 5.91 Å². The predicted octanol–water partition coefficient (Wildman–Crippen LogP) is 2.44. The molecule has 0 spiro atoms. The molecule has 1 aromatic carbocycles. The molecule has 2 fully saturated rings.